The molecule has 0 bridgehead atoms. The van der Waals surface area contributed by atoms with Crippen LogP contribution in [-0.2, 0) is 10.0 Å². The van der Waals surface area contributed by atoms with E-state index in [4.69, 9.17) is 9.97 Å². The second-order valence-corrected chi connectivity index (χ2v) is 13.6. The second-order valence-electron chi connectivity index (χ2n) is 11.9. The molecule has 4 aromatic rings. The number of aromatic nitrogens is 2. The molecule has 216 valence electrons. The maximum absolute atomic E-state index is 13.1. The molecule has 3 N–H and O–H groups in total. The highest BCUT2D eigenvalue weighted by molar-refractivity contribution is 7.89. The summed E-state index contributed by atoms with van der Waals surface area (Å²) in [4.78, 5) is 10.0. The predicted molar refractivity (Wildman–Crippen MR) is 168 cm³/mol. The Balaban J connectivity index is 1.02. The summed E-state index contributed by atoms with van der Waals surface area (Å²) in [6.45, 7) is 2.28. The van der Waals surface area contributed by atoms with E-state index < -0.39 is 10.0 Å². The van der Waals surface area contributed by atoms with Gasteiger partial charge in [0.25, 0.3) is 0 Å². The van der Waals surface area contributed by atoms with Gasteiger partial charge in [0, 0.05) is 30.4 Å². The highest BCUT2D eigenvalue weighted by atomic mass is 32.2. The minimum absolute atomic E-state index is 0.350. The van der Waals surface area contributed by atoms with Crippen molar-refractivity contribution < 1.29 is 8.42 Å². The summed E-state index contributed by atoms with van der Waals surface area (Å²) in [5.74, 6) is 3.20. The standard InChI is InChI=1S/C33H41N5O2S/c39-41(40,31-16-8-12-27-11-4-5-13-28(27)31)36-23-26-19-17-25(18-20-26)22-35-33-37-30-15-7-6-14-29(30)32(38-33)34-21-24-9-2-1-3-10-24/h4-8,11-16,24-26,36H,1-3,9-10,17-23H2,(H2,34,35,37,38). The van der Waals surface area contributed by atoms with Gasteiger partial charge in [0.15, 0.2) is 0 Å². The van der Waals surface area contributed by atoms with Crippen molar-refractivity contribution in [2.75, 3.05) is 30.3 Å². The molecule has 7 nitrogen and oxygen atoms in total. The predicted octanol–water partition coefficient (Wildman–Crippen LogP) is 6.97. The Morgan fingerprint density at radius 1 is 0.634 bits per heavy atom. The lowest BCUT2D eigenvalue weighted by molar-refractivity contribution is 0.284. The molecule has 6 rings (SSSR count). The van der Waals surface area contributed by atoms with Crippen molar-refractivity contribution >= 4 is 43.5 Å². The van der Waals surface area contributed by atoms with Crippen LogP contribution in [0.15, 0.2) is 71.6 Å². The third-order valence-corrected chi connectivity index (χ3v) is 10.5. The van der Waals surface area contributed by atoms with Gasteiger partial charge in [-0.2, -0.15) is 4.98 Å². The van der Waals surface area contributed by atoms with Crippen LogP contribution in [0.3, 0.4) is 0 Å². The lowest BCUT2D eigenvalue weighted by Gasteiger charge is -2.29. The largest absolute Gasteiger partial charge is 0.369 e. The Labute approximate surface area is 243 Å². The molecule has 2 fully saturated rings. The lowest BCUT2D eigenvalue weighted by Crippen LogP contribution is -2.32. The van der Waals surface area contributed by atoms with Crippen LogP contribution in [0, 0.1) is 17.8 Å². The summed E-state index contributed by atoms with van der Waals surface area (Å²) in [7, 11) is -3.57. The fraction of sp³-hybridized carbons (Fsp3) is 0.455. The van der Waals surface area contributed by atoms with Crippen molar-refractivity contribution in [3.05, 3.63) is 66.7 Å². The zero-order chi connectivity index (χ0) is 28.1. The van der Waals surface area contributed by atoms with Crippen molar-refractivity contribution in [3.63, 3.8) is 0 Å². The van der Waals surface area contributed by atoms with Crippen LogP contribution in [0.25, 0.3) is 21.7 Å². The van der Waals surface area contributed by atoms with Gasteiger partial charge in [0.2, 0.25) is 16.0 Å². The minimum atomic E-state index is -3.57. The zero-order valence-electron chi connectivity index (χ0n) is 23.7. The quantitative estimate of drug-likeness (QED) is 0.190. The fourth-order valence-electron chi connectivity index (χ4n) is 6.53. The molecule has 3 aromatic carbocycles. The van der Waals surface area contributed by atoms with E-state index in [1.165, 1.54) is 32.1 Å². The van der Waals surface area contributed by atoms with Crippen LogP contribution in [0.1, 0.15) is 57.8 Å². The molecule has 8 heteroatoms. The monoisotopic (exact) mass is 571 g/mol. The Morgan fingerprint density at radius 3 is 2.07 bits per heavy atom. The molecular weight excluding hydrogens is 530 g/mol. The molecule has 2 aliphatic rings. The number of sulfonamides is 1. The van der Waals surface area contributed by atoms with Crippen LogP contribution >= 0.6 is 0 Å². The summed E-state index contributed by atoms with van der Waals surface area (Å²) >= 11 is 0. The number of para-hydroxylation sites is 1. The van der Waals surface area contributed by atoms with Gasteiger partial charge in [-0.15, -0.1) is 0 Å². The van der Waals surface area contributed by atoms with Gasteiger partial charge in [-0.05, 0) is 79.9 Å². The van der Waals surface area contributed by atoms with E-state index in [9.17, 15) is 8.42 Å². The molecule has 0 unspecified atom stereocenters. The molecule has 0 atom stereocenters. The molecule has 1 heterocycles. The van der Waals surface area contributed by atoms with Gasteiger partial charge >= 0.3 is 0 Å². The lowest BCUT2D eigenvalue weighted by atomic mass is 9.82. The Bertz CT molecular complexity index is 1570. The first-order chi connectivity index (χ1) is 20.0. The third kappa shape index (κ3) is 6.81. The molecule has 0 spiro atoms. The molecule has 0 amide bonds. The summed E-state index contributed by atoms with van der Waals surface area (Å²) in [5, 5.41) is 9.93. The molecule has 0 saturated heterocycles. The van der Waals surface area contributed by atoms with E-state index in [1.54, 1.807) is 6.07 Å². The molecular formula is C33H41N5O2S. The fourth-order valence-corrected chi connectivity index (χ4v) is 7.88. The number of rotatable bonds is 10. The van der Waals surface area contributed by atoms with Crippen LogP contribution in [0.2, 0.25) is 0 Å². The number of hydrogen-bond acceptors (Lipinski definition) is 6. The van der Waals surface area contributed by atoms with Gasteiger partial charge in [0.1, 0.15) is 5.82 Å². The average molecular weight is 572 g/mol. The number of nitrogens with zero attached hydrogens (tertiary/aromatic N) is 2. The van der Waals surface area contributed by atoms with Crippen molar-refractivity contribution in [1.29, 1.82) is 0 Å². The molecule has 0 aliphatic heterocycles. The first-order valence-electron chi connectivity index (χ1n) is 15.3. The number of anilines is 2. The second kappa shape index (κ2) is 12.7. The molecule has 2 aliphatic carbocycles. The zero-order valence-corrected chi connectivity index (χ0v) is 24.5. The normalized spacial score (nSPS) is 20.3. The van der Waals surface area contributed by atoms with Gasteiger partial charge in [-0.25, -0.2) is 18.1 Å². The topological polar surface area (TPSA) is 96.0 Å². The van der Waals surface area contributed by atoms with Crippen molar-refractivity contribution in [2.24, 2.45) is 17.8 Å². The molecule has 0 radical (unpaired) electrons. The van der Waals surface area contributed by atoms with Crippen molar-refractivity contribution in [2.45, 2.75) is 62.7 Å². The number of fused-ring (bicyclic) bond motifs is 2. The first-order valence-corrected chi connectivity index (χ1v) is 16.8. The van der Waals surface area contributed by atoms with Crippen molar-refractivity contribution in [1.82, 2.24) is 14.7 Å². The van der Waals surface area contributed by atoms with Gasteiger partial charge < -0.3 is 10.6 Å². The SMILES string of the molecule is O=S(=O)(NCC1CCC(CNc2nc(NCC3CCCCC3)c3ccccc3n2)CC1)c1cccc2ccccc12. The highest BCUT2D eigenvalue weighted by Crippen LogP contribution is 2.30. The van der Waals surface area contributed by atoms with Crippen LogP contribution in [-0.4, -0.2) is 38.0 Å². The van der Waals surface area contributed by atoms with Crippen LogP contribution in [0.4, 0.5) is 11.8 Å². The van der Waals surface area contributed by atoms with E-state index in [-0.39, 0.29) is 0 Å². The Hall–Kier alpha value is -3.23. The molecule has 41 heavy (non-hydrogen) atoms. The van der Waals surface area contributed by atoms with E-state index in [0.717, 1.165) is 72.2 Å². The smallest absolute Gasteiger partial charge is 0.241 e. The van der Waals surface area contributed by atoms with E-state index >= 15 is 0 Å². The molecule has 2 saturated carbocycles. The van der Waals surface area contributed by atoms with E-state index in [0.29, 0.717) is 29.2 Å². The van der Waals surface area contributed by atoms with Crippen molar-refractivity contribution in [3.8, 4) is 0 Å². The highest BCUT2D eigenvalue weighted by Gasteiger charge is 2.24. The molecule has 1 aromatic heterocycles. The summed E-state index contributed by atoms with van der Waals surface area (Å²) in [6.07, 6.45) is 10.8. The summed E-state index contributed by atoms with van der Waals surface area (Å²) < 4.78 is 29.2. The number of benzene rings is 3. The van der Waals surface area contributed by atoms with Crippen LogP contribution < -0.4 is 15.4 Å². The summed E-state index contributed by atoms with van der Waals surface area (Å²) in [6, 6.07) is 21.3. The minimum Gasteiger partial charge on any atom is -0.369 e. The average Bonchev–Trinajstić information content (AvgIpc) is 3.02. The van der Waals surface area contributed by atoms with Crippen LogP contribution in [0.5, 0.6) is 0 Å². The summed E-state index contributed by atoms with van der Waals surface area (Å²) in [5.41, 5.74) is 0.957. The number of nitrogens with one attached hydrogen (secondary N) is 3. The maximum atomic E-state index is 13.1. The third-order valence-electron chi connectivity index (χ3n) is 9.00. The number of hydrogen-bond donors (Lipinski definition) is 3. The maximum Gasteiger partial charge on any atom is 0.241 e. The Kier molecular flexibility index (Phi) is 8.67. The van der Waals surface area contributed by atoms with Gasteiger partial charge in [-0.3, -0.25) is 0 Å². The first kappa shape index (κ1) is 27.9. The Morgan fingerprint density at radius 2 is 1.27 bits per heavy atom. The van der Waals surface area contributed by atoms with E-state index in [1.807, 2.05) is 48.5 Å². The van der Waals surface area contributed by atoms with Gasteiger partial charge in [-0.1, -0.05) is 67.8 Å². The van der Waals surface area contributed by atoms with Gasteiger partial charge in [0.05, 0.1) is 10.4 Å². The van der Waals surface area contributed by atoms with E-state index in [2.05, 4.69) is 27.5 Å².